The molecule has 5 rings (SSSR count). The van der Waals surface area contributed by atoms with E-state index in [9.17, 15) is 4.79 Å². The van der Waals surface area contributed by atoms with Crippen LogP contribution in [0.4, 0.5) is 0 Å². The molecule has 0 aliphatic carbocycles. The number of pyridine rings is 1. The van der Waals surface area contributed by atoms with Gasteiger partial charge in [0.05, 0.1) is 12.1 Å². The Balaban J connectivity index is 1.24. The molecule has 1 fully saturated rings. The molecule has 0 saturated carbocycles. The summed E-state index contributed by atoms with van der Waals surface area (Å²) in [7, 11) is 0. The van der Waals surface area contributed by atoms with E-state index in [-0.39, 0.29) is 12.0 Å². The molecule has 0 bridgehead atoms. The number of ether oxygens (including phenoxy) is 1. The summed E-state index contributed by atoms with van der Waals surface area (Å²) in [4.78, 5) is 19.3. The van der Waals surface area contributed by atoms with E-state index in [0.29, 0.717) is 24.5 Å². The lowest BCUT2D eigenvalue weighted by Crippen LogP contribution is -2.31. The highest BCUT2D eigenvalue weighted by Gasteiger charge is 2.28. The van der Waals surface area contributed by atoms with Crippen molar-refractivity contribution in [3.8, 4) is 11.6 Å². The van der Waals surface area contributed by atoms with E-state index >= 15 is 0 Å². The fourth-order valence-corrected chi connectivity index (χ4v) is 3.76. The normalized spacial score (nSPS) is 16.3. The predicted molar refractivity (Wildman–Crippen MR) is 112 cm³/mol. The monoisotopic (exact) mass is 383 g/mol. The lowest BCUT2D eigenvalue weighted by atomic mass is 10.2. The summed E-state index contributed by atoms with van der Waals surface area (Å²) in [6.07, 6.45) is 4.74. The maximum atomic E-state index is 12.9. The van der Waals surface area contributed by atoms with Crippen LogP contribution in [0, 0.1) is 0 Å². The third kappa shape index (κ3) is 3.59. The minimum Gasteiger partial charge on any atom is -0.472 e. The van der Waals surface area contributed by atoms with Crippen molar-refractivity contribution >= 4 is 16.8 Å². The standard InChI is InChI=1S/C24H21N3O2/c28-24(19-7-10-20(11-8-19)26-14-3-4-15-26)27-16-13-21(17-27)29-23-12-9-18-5-1-2-6-22(18)25-23/h1-12,14-15,21H,13,16-17H2. The summed E-state index contributed by atoms with van der Waals surface area (Å²) in [6, 6.07) is 23.6. The molecule has 5 nitrogen and oxygen atoms in total. The van der Waals surface area contributed by atoms with Crippen molar-refractivity contribution in [3.63, 3.8) is 0 Å². The SMILES string of the molecule is O=C(c1ccc(-n2cccc2)cc1)N1CCC(Oc2ccc3ccccc3n2)C1. The van der Waals surface area contributed by atoms with E-state index in [1.54, 1.807) is 0 Å². The van der Waals surface area contributed by atoms with Crippen LogP contribution >= 0.6 is 0 Å². The fourth-order valence-electron chi connectivity index (χ4n) is 3.76. The number of rotatable bonds is 4. The number of amides is 1. The van der Waals surface area contributed by atoms with Crippen LogP contribution in [-0.2, 0) is 0 Å². The smallest absolute Gasteiger partial charge is 0.253 e. The summed E-state index contributed by atoms with van der Waals surface area (Å²) in [5.74, 6) is 0.653. The van der Waals surface area contributed by atoms with Gasteiger partial charge in [-0.1, -0.05) is 18.2 Å². The molecule has 1 saturated heterocycles. The molecule has 144 valence electrons. The van der Waals surface area contributed by atoms with Gasteiger partial charge in [-0.05, 0) is 48.5 Å². The summed E-state index contributed by atoms with van der Waals surface area (Å²) in [5, 5.41) is 1.09. The van der Waals surface area contributed by atoms with Gasteiger partial charge < -0.3 is 14.2 Å². The highest BCUT2D eigenvalue weighted by molar-refractivity contribution is 5.94. The van der Waals surface area contributed by atoms with Crippen molar-refractivity contribution in [2.75, 3.05) is 13.1 Å². The predicted octanol–water partition coefficient (Wildman–Crippen LogP) is 4.32. The molecule has 1 amide bonds. The highest BCUT2D eigenvalue weighted by atomic mass is 16.5. The number of carbonyl (C=O) groups is 1. The Kier molecular flexibility index (Phi) is 4.48. The van der Waals surface area contributed by atoms with Crippen LogP contribution in [-0.4, -0.2) is 39.6 Å². The van der Waals surface area contributed by atoms with Gasteiger partial charge in [0.25, 0.3) is 5.91 Å². The Morgan fingerprint density at radius 3 is 2.55 bits per heavy atom. The molecule has 0 spiro atoms. The minimum absolute atomic E-state index is 0.0354. The lowest BCUT2D eigenvalue weighted by Gasteiger charge is -2.17. The number of fused-ring (bicyclic) bond motifs is 1. The molecular formula is C24H21N3O2. The fraction of sp³-hybridized carbons (Fsp3) is 0.167. The largest absolute Gasteiger partial charge is 0.472 e. The Labute approximate surface area is 169 Å². The van der Waals surface area contributed by atoms with Crippen LogP contribution in [0.15, 0.2) is 85.2 Å². The van der Waals surface area contributed by atoms with Gasteiger partial charge in [-0.25, -0.2) is 4.98 Å². The van der Waals surface area contributed by atoms with Crippen LogP contribution in [0.2, 0.25) is 0 Å². The summed E-state index contributed by atoms with van der Waals surface area (Å²) < 4.78 is 8.08. The molecule has 1 aliphatic heterocycles. The zero-order chi connectivity index (χ0) is 19.6. The Morgan fingerprint density at radius 2 is 1.72 bits per heavy atom. The van der Waals surface area contributed by atoms with E-state index < -0.39 is 0 Å². The van der Waals surface area contributed by atoms with E-state index in [1.807, 2.05) is 94.7 Å². The van der Waals surface area contributed by atoms with E-state index in [2.05, 4.69) is 4.98 Å². The number of hydrogen-bond acceptors (Lipinski definition) is 3. The molecule has 29 heavy (non-hydrogen) atoms. The van der Waals surface area contributed by atoms with Gasteiger partial charge in [-0.15, -0.1) is 0 Å². The number of nitrogens with zero attached hydrogens (tertiary/aromatic N) is 3. The number of aromatic nitrogens is 2. The maximum Gasteiger partial charge on any atom is 0.253 e. The van der Waals surface area contributed by atoms with Crippen molar-refractivity contribution in [1.82, 2.24) is 14.5 Å². The average Bonchev–Trinajstić information content (AvgIpc) is 3.46. The quantitative estimate of drug-likeness (QED) is 0.527. The topological polar surface area (TPSA) is 47.4 Å². The molecule has 0 radical (unpaired) electrons. The van der Waals surface area contributed by atoms with E-state index in [0.717, 1.165) is 23.0 Å². The third-order valence-corrected chi connectivity index (χ3v) is 5.31. The van der Waals surface area contributed by atoms with Gasteiger partial charge in [0, 0.05) is 48.1 Å². The first-order valence-electron chi connectivity index (χ1n) is 9.81. The molecule has 3 heterocycles. The van der Waals surface area contributed by atoms with Crippen LogP contribution < -0.4 is 4.74 Å². The molecule has 4 aromatic rings. The summed E-state index contributed by atoms with van der Waals surface area (Å²) in [6.45, 7) is 1.27. The molecular weight excluding hydrogens is 362 g/mol. The number of benzene rings is 2. The Hall–Kier alpha value is -3.60. The molecule has 2 aromatic carbocycles. The van der Waals surface area contributed by atoms with Gasteiger partial charge in [0.1, 0.15) is 6.10 Å². The molecule has 0 N–H and O–H groups in total. The average molecular weight is 383 g/mol. The lowest BCUT2D eigenvalue weighted by molar-refractivity contribution is 0.0771. The van der Waals surface area contributed by atoms with Crippen LogP contribution in [0.3, 0.4) is 0 Å². The van der Waals surface area contributed by atoms with Gasteiger partial charge in [0.2, 0.25) is 5.88 Å². The molecule has 1 unspecified atom stereocenters. The van der Waals surface area contributed by atoms with Crippen molar-refractivity contribution < 1.29 is 9.53 Å². The Morgan fingerprint density at radius 1 is 0.931 bits per heavy atom. The van der Waals surface area contributed by atoms with Gasteiger partial charge in [-0.2, -0.15) is 0 Å². The first-order chi connectivity index (χ1) is 14.3. The molecule has 2 aromatic heterocycles. The van der Waals surface area contributed by atoms with Crippen molar-refractivity contribution in [2.24, 2.45) is 0 Å². The van der Waals surface area contributed by atoms with E-state index in [1.165, 1.54) is 0 Å². The summed E-state index contributed by atoms with van der Waals surface area (Å²) in [5.41, 5.74) is 2.65. The van der Waals surface area contributed by atoms with Crippen LogP contribution in [0.1, 0.15) is 16.8 Å². The minimum atomic E-state index is -0.0354. The van der Waals surface area contributed by atoms with Crippen molar-refractivity contribution in [3.05, 3.63) is 90.8 Å². The van der Waals surface area contributed by atoms with Crippen molar-refractivity contribution in [1.29, 1.82) is 0 Å². The first kappa shape index (κ1) is 17.5. The number of likely N-dealkylation sites (tertiary alicyclic amines) is 1. The van der Waals surface area contributed by atoms with E-state index in [4.69, 9.17) is 4.74 Å². The third-order valence-electron chi connectivity index (χ3n) is 5.31. The second-order valence-electron chi connectivity index (χ2n) is 7.26. The summed E-state index contributed by atoms with van der Waals surface area (Å²) >= 11 is 0. The molecule has 5 heteroatoms. The number of carbonyl (C=O) groups excluding carboxylic acids is 1. The maximum absolute atomic E-state index is 12.9. The van der Waals surface area contributed by atoms with Crippen molar-refractivity contribution in [2.45, 2.75) is 12.5 Å². The number of para-hydroxylation sites is 1. The number of hydrogen-bond donors (Lipinski definition) is 0. The second-order valence-corrected chi connectivity index (χ2v) is 7.26. The van der Waals surface area contributed by atoms with Crippen LogP contribution in [0.5, 0.6) is 5.88 Å². The Bertz CT molecular complexity index is 1140. The van der Waals surface area contributed by atoms with Gasteiger partial charge in [0.15, 0.2) is 0 Å². The van der Waals surface area contributed by atoms with Gasteiger partial charge in [-0.3, -0.25) is 4.79 Å². The molecule has 1 aliphatic rings. The highest BCUT2D eigenvalue weighted by Crippen LogP contribution is 2.22. The van der Waals surface area contributed by atoms with Gasteiger partial charge >= 0.3 is 0 Å². The second kappa shape index (κ2) is 7.43. The first-order valence-corrected chi connectivity index (χ1v) is 9.81. The molecule has 1 atom stereocenters. The zero-order valence-electron chi connectivity index (χ0n) is 15.9. The van der Waals surface area contributed by atoms with Crippen LogP contribution in [0.25, 0.3) is 16.6 Å². The zero-order valence-corrected chi connectivity index (χ0v) is 15.9.